The highest BCUT2D eigenvalue weighted by Gasteiger charge is 2.20. The van der Waals surface area contributed by atoms with E-state index in [9.17, 15) is 0 Å². The molecule has 0 atom stereocenters. The van der Waals surface area contributed by atoms with Crippen molar-refractivity contribution in [3.8, 4) is 6.07 Å². The van der Waals surface area contributed by atoms with Crippen LogP contribution in [0.15, 0.2) is 18.2 Å². The predicted octanol–water partition coefficient (Wildman–Crippen LogP) is 1.31. The number of ether oxygens (including phenoxy) is 1. The van der Waals surface area contributed by atoms with Crippen LogP contribution >= 0.6 is 0 Å². The molecule has 0 amide bonds. The van der Waals surface area contributed by atoms with Crippen molar-refractivity contribution in [2.24, 2.45) is 0 Å². The van der Waals surface area contributed by atoms with Crippen molar-refractivity contribution >= 4 is 11.4 Å². The molecule has 1 aliphatic rings. The number of nitriles is 1. The maximum atomic E-state index is 8.81. The topological polar surface area (TPSA) is 82.5 Å². The summed E-state index contributed by atoms with van der Waals surface area (Å²) in [6.45, 7) is 2.34. The Morgan fingerprint density at radius 1 is 1.40 bits per heavy atom. The standard InChI is InChI=1S/C15H21N3O2/c16-6-3-12-11-13(1-2-15(12)17)18-7-4-14(5-8-18)20-10-9-19/h1-2,11,14,19H,3-5,7-10,17H2. The van der Waals surface area contributed by atoms with Crippen LogP contribution in [-0.4, -0.2) is 37.5 Å². The summed E-state index contributed by atoms with van der Waals surface area (Å²) >= 11 is 0. The fourth-order valence-corrected chi connectivity index (χ4v) is 2.53. The Kier molecular flexibility index (Phi) is 5.22. The lowest BCUT2D eigenvalue weighted by Crippen LogP contribution is -2.37. The van der Waals surface area contributed by atoms with Gasteiger partial charge in [0.15, 0.2) is 0 Å². The number of nitrogens with zero attached hydrogens (tertiary/aromatic N) is 2. The number of nitrogen functional groups attached to an aromatic ring is 1. The Bertz CT molecular complexity index is 476. The predicted molar refractivity (Wildman–Crippen MR) is 78.4 cm³/mol. The summed E-state index contributed by atoms with van der Waals surface area (Å²) in [5.41, 5.74) is 8.55. The molecule has 20 heavy (non-hydrogen) atoms. The van der Waals surface area contributed by atoms with Gasteiger partial charge in [0, 0.05) is 24.5 Å². The lowest BCUT2D eigenvalue weighted by atomic mass is 10.0. The van der Waals surface area contributed by atoms with E-state index < -0.39 is 0 Å². The second-order valence-corrected chi connectivity index (χ2v) is 5.00. The molecular weight excluding hydrogens is 254 g/mol. The van der Waals surface area contributed by atoms with E-state index in [0.29, 0.717) is 18.7 Å². The maximum Gasteiger partial charge on any atom is 0.0701 e. The molecule has 0 unspecified atom stereocenters. The molecule has 5 heteroatoms. The molecule has 1 heterocycles. The Morgan fingerprint density at radius 2 is 2.15 bits per heavy atom. The summed E-state index contributed by atoms with van der Waals surface area (Å²) in [4.78, 5) is 2.29. The largest absolute Gasteiger partial charge is 0.398 e. The van der Waals surface area contributed by atoms with E-state index >= 15 is 0 Å². The molecule has 1 aliphatic heterocycles. The van der Waals surface area contributed by atoms with Crippen LogP contribution in [0.5, 0.6) is 0 Å². The second-order valence-electron chi connectivity index (χ2n) is 5.00. The Balaban J connectivity index is 1.96. The van der Waals surface area contributed by atoms with Gasteiger partial charge in [0.05, 0.1) is 31.8 Å². The number of benzene rings is 1. The van der Waals surface area contributed by atoms with Crippen LogP contribution in [0.3, 0.4) is 0 Å². The SMILES string of the molecule is N#CCc1cc(N2CCC(OCCO)CC2)ccc1N. The summed E-state index contributed by atoms with van der Waals surface area (Å²) in [7, 11) is 0. The number of rotatable bonds is 5. The quantitative estimate of drug-likeness (QED) is 0.792. The molecule has 0 aliphatic carbocycles. The zero-order valence-corrected chi connectivity index (χ0v) is 11.6. The van der Waals surface area contributed by atoms with E-state index in [1.807, 2.05) is 18.2 Å². The van der Waals surface area contributed by atoms with Gasteiger partial charge in [-0.15, -0.1) is 0 Å². The maximum absolute atomic E-state index is 8.81. The van der Waals surface area contributed by atoms with Gasteiger partial charge < -0.3 is 20.5 Å². The van der Waals surface area contributed by atoms with Gasteiger partial charge in [0.25, 0.3) is 0 Å². The average Bonchev–Trinajstić information content (AvgIpc) is 2.48. The molecule has 1 aromatic carbocycles. The van der Waals surface area contributed by atoms with Crippen LogP contribution in [0.2, 0.25) is 0 Å². The van der Waals surface area contributed by atoms with Crippen LogP contribution < -0.4 is 10.6 Å². The summed E-state index contributed by atoms with van der Waals surface area (Å²) in [6, 6.07) is 8.03. The van der Waals surface area contributed by atoms with E-state index in [-0.39, 0.29) is 12.7 Å². The number of aliphatic hydroxyl groups excluding tert-OH is 1. The number of aliphatic hydroxyl groups is 1. The van der Waals surface area contributed by atoms with Crippen molar-refractivity contribution in [2.75, 3.05) is 36.9 Å². The molecule has 1 aromatic rings. The van der Waals surface area contributed by atoms with Gasteiger partial charge in [-0.1, -0.05) is 0 Å². The van der Waals surface area contributed by atoms with Gasteiger partial charge in [-0.05, 0) is 36.6 Å². The minimum atomic E-state index is 0.0791. The summed E-state index contributed by atoms with van der Waals surface area (Å²) in [5.74, 6) is 0. The number of piperidine rings is 1. The van der Waals surface area contributed by atoms with Gasteiger partial charge in [-0.2, -0.15) is 5.26 Å². The van der Waals surface area contributed by atoms with Crippen LogP contribution in [0.1, 0.15) is 18.4 Å². The molecule has 0 saturated carbocycles. The molecule has 108 valence electrons. The van der Waals surface area contributed by atoms with Crippen LogP contribution in [-0.2, 0) is 11.2 Å². The number of hydrogen-bond acceptors (Lipinski definition) is 5. The molecular formula is C15H21N3O2. The van der Waals surface area contributed by atoms with Crippen molar-refractivity contribution < 1.29 is 9.84 Å². The van der Waals surface area contributed by atoms with Crippen molar-refractivity contribution in [1.29, 1.82) is 5.26 Å². The third-order valence-corrected chi connectivity index (χ3v) is 3.65. The van der Waals surface area contributed by atoms with Gasteiger partial charge >= 0.3 is 0 Å². The number of hydrogen-bond donors (Lipinski definition) is 2. The zero-order valence-electron chi connectivity index (χ0n) is 11.6. The summed E-state index contributed by atoms with van der Waals surface area (Å²) in [6.07, 6.45) is 2.50. The van der Waals surface area contributed by atoms with E-state index in [2.05, 4.69) is 11.0 Å². The van der Waals surface area contributed by atoms with Gasteiger partial charge in [-0.3, -0.25) is 0 Å². The van der Waals surface area contributed by atoms with E-state index in [0.717, 1.165) is 37.2 Å². The fourth-order valence-electron chi connectivity index (χ4n) is 2.53. The molecule has 3 N–H and O–H groups in total. The third-order valence-electron chi connectivity index (χ3n) is 3.65. The van der Waals surface area contributed by atoms with E-state index in [1.54, 1.807) is 0 Å². The lowest BCUT2D eigenvalue weighted by Gasteiger charge is -2.33. The highest BCUT2D eigenvalue weighted by Crippen LogP contribution is 2.25. The Labute approximate surface area is 119 Å². The van der Waals surface area contributed by atoms with Crippen molar-refractivity contribution in [3.05, 3.63) is 23.8 Å². The van der Waals surface area contributed by atoms with Crippen molar-refractivity contribution in [2.45, 2.75) is 25.4 Å². The second kappa shape index (κ2) is 7.13. The third kappa shape index (κ3) is 3.62. The molecule has 0 bridgehead atoms. The first-order chi connectivity index (χ1) is 9.74. The molecule has 2 rings (SSSR count). The molecule has 1 saturated heterocycles. The van der Waals surface area contributed by atoms with Gasteiger partial charge in [-0.25, -0.2) is 0 Å². The molecule has 0 radical (unpaired) electrons. The van der Waals surface area contributed by atoms with E-state index in [4.69, 9.17) is 20.8 Å². The van der Waals surface area contributed by atoms with Gasteiger partial charge in [0.2, 0.25) is 0 Å². The molecule has 1 fully saturated rings. The van der Waals surface area contributed by atoms with Crippen LogP contribution in [0, 0.1) is 11.3 Å². The summed E-state index contributed by atoms with van der Waals surface area (Å²) in [5, 5.41) is 17.6. The average molecular weight is 275 g/mol. The number of anilines is 2. The fraction of sp³-hybridized carbons (Fsp3) is 0.533. The highest BCUT2D eigenvalue weighted by atomic mass is 16.5. The Morgan fingerprint density at radius 3 is 2.80 bits per heavy atom. The monoisotopic (exact) mass is 275 g/mol. The minimum absolute atomic E-state index is 0.0791. The first-order valence-electron chi connectivity index (χ1n) is 6.97. The zero-order chi connectivity index (χ0) is 14.4. The lowest BCUT2D eigenvalue weighted by molar-refractivity contribution is 0.0159. The normalized spacial score (nSPS) is 16.1. The minimum Gasteiger partial charge on any atom is -0.398 e. The molecule has 0 spiro atoms. The Hall–Kier alpha value is -1.77. The van der Waals surface area contributed by atoms with Crippen LogP contribution in [0.25, 0.3) is 0 Å². The molecule has 5 nitrogen and oxygen atoms in total. The molecule has 0 aromatic heterocycles. The van der Waals surface area contributed by atoms with E-state index in [1.165, 1.54) is 0 Å². The van der Waals surface area contributed by atoms with Crippen LogP contribution in [0.4, 0.5) is 11.4 Å². The summed E-state index contributed by atoms with van der Waals surface area (Å²) < 4.78 is 5.56. The smallest absolute Gasteiger partial charge is 0.0701 e. The van der Waals surface area contributed by atoms with Crippen molar-refractivity contribution in [3.63, 3.8) is 0 Å². The first kappa shape index (κ1) is 14.6. The first-order valence-corrected chi connectivity index (χ1v) is 6.97. The number of nitrogens with two attached hydrogens (primary N) is 1. The van der Waals surface area contributed by atoms with Gasteiger partial charge in [0.1, 0.15) is 0 Å². The highest BCUT2D eigenvalue weighted by molar-refractivity contribution is 5.59. The van der Waals surface area contributed by atoms with Crippen molar-refractivity contribution in [1.82, 2.24) is 0 Å².